The second kappa shape index (κ2) is 4.53. The van der Waals surface area contributed by atoms with Gasteiger partial charge in [0.15, 0.2) is 0 Å². The molecule has 0 unspecified atom stereocenters. The lowest BCUT2D eigenvalue weighted by atomic mass is 10.2. The van der Waals surface area contributed by atoms with E-state index in [-0.39, 0.29) is 17.5 Å². The fourth-order valence-electron chi connectivity index (χ4n) is 1.68. The fourth-order valence-corrected chi connectivity index (χ4v) is 1.68. The number of amides is 1. The summed E-state index contributed by atoms with van der Waals surface area (Å²) in [5.41, 5.74) is 0.133. The van der Waals surface area contributed by atoms with E-state index < -0.39 is 5.97 Å². The zero-order valence-corrected chi connectivity index (χ0v) is 9.59. The van der Waals surface area contributed by atoms with Crippen LogP contribution in [0.2, 0.25) is 0 Å². The number of carbonyl (C=O) groups excluding carboxylic acids is 1. The molecule has 1 aromatic rings. The molecule has 1 heterocycles. The van der Waals surface area contributed by atoms with Crippen LogP contribution in [0.15, 0.2) is 18.3 Å². The van der Waals surface area contributed by atoms with E-state index in [4.69, 9.17) is 5.11 Å². The predicted molar refractivity (Wildman–Crippen MR) is 62.0 cm³/mol. The summed E-state index contributed by atoms with van der Waals surface area (Å²) in [6.07, 6.45) is 3.71. The molecule has 0 spiro atoms. The molecule has 5 heteroatoms. The van der Waals surface area contributed by atoms with Crippen molar-refractivity contribution in [2.45, 2.75) is 32.2 Å². The first-order valence-electron chi connectivity index (χ1n) is 5.65. The number of carboxylic acid groups (broad SMARTS) is 1. The summed E-state index contributed by atoms with van der Waals surface area (Å²) in [6, 6.07) is 3.31. The summed E-state index contributed by atoms with van der Waals surface area (Å²) >= 11 is 0. The van der Waals surface area contributed by atoms with Gasteiger partial charge in [-0.3, -0.25) is 9.69 Å². The number of carbonyl (C=O) groups is 2. The summed E-state index contributed by atoms with van der Waals surface area (Å²) in [5.74, 6) is -0.434. The summed E-state index contributed by atoms with van der Waals surface area (Å²) in [5, 5.41) is 8.77. The Morgan fingerprint density at radius 2 is 2.18 bits per heavy atom. The lowest BCUT2D eigenvalue weighted by Crippen LogP contribution is -2.33. The first-order valence-corrected chi connectivity index (χ1v) is 5.65. The lowest BCUT2D eigenvalue weighted by molar-refractivity contribution is -0.118. The van der Waals surface area contributed by atoms with E-state index in [1.807, 2.05) is 6.92 Å². The van der Waals surface area contributed by atoms with E-state index in [1.54, 1.807) is 11.0 Å². The van der Waals surface area contributed by atoms with E-state index in [1.165, 1.54) is 12.3 Å². The van der Waals surface area contributed by atoms with Crippen molar-refractivity contribution in [1.29, 1.82) is 0 Å². The van der Waals surface area contributed by atoms with Crippen LogP contribution in [-0.4, -0.2) is 28.0 Å². The van der Waals surface area contributed by atoms with Crippen LogP contribution in [0.1, 0.15) is 36.5 Å². The average Bonchev–Trinajstić information content (AvgIpc) is 3.14. The van der Waals surface area contributed by atoms with Crippen molar-refractivity contribution < 1.29 is 14.7 Å². The van der Waals surface area contributed by atoms with E-state index in [2.05, 4.69) is 4.98 Å². The van der Waals surface area contributed by atoms with Crippen molar-refractivity contribution in [3.63, 3.8) is 0 Å². The zero-order valence-electron chi connectivity index (χ0n) is 9.59. The van der Waals surface area contributed by atoms with Crippen LogP contribution < -0.4 is 4.90 Å². The topological polar surface area (TPSA) is 70.5 Å². The standard InChI is InChI=1S/C12H14N2O3/c1-2-11(15)14(9-4-5-9)10-6-3-8(7-13-10)12(16)17/h3,6-7,9H,2,4-5H2,1H3,(H,16,17). The molecule has 1 aliphatic rings. The third-order valence-electron chi connectivity index (χ3n) is 2.72. The molecule has 1 fully saturated rings. The molecule has 90 valence electrons. The van der Waals surface area contributed by atoms with Gasteiger partial charge in [0, 0.05) is 18.7 Å². The molecule has 1 N–H and O–H groups in total. The Kier molecular flexibility index (Phi) is 3.08. The van der Waals surface area contributed by atoms with Crippen LogP contribution in [0.3, 0.4) is 0 Å². The number of hydrogen-bond acceptors (Lipinski definition) is 3. The van der Waals surface area contributed by atoms with Crippen molar-refractivity contribution in [2.75, 3.05) is 4.90 Å². The SMILES string of the molecule is CCC(=O)N(c1ccc(C(=O)O)cn1)C1CC1. The minimum Gasteiger partial charge on any atom is -0.478 e. The number of hydrogen-bond donors (Lipinski definition) is 1. The summed E-state index contributed by atoms with van der Waals surface area (Å²) in [4.78, 5) is 28.2. The van der Waals surface area contributed by atoms with E-state index >= 15 is 0 Å². The van der Waals surface area contributed by atoms with Crippen molar-refractivity contribution in [3.05, 3.63) is 23.9 Å². The number of aromatic carboxylic acids is 1. The van der Waals surface area contributed by atoms with Gasteiger partial charge in [-0.1, -0.05) is 6.92 Å². The monoisotopic (exact) mass is 234 g/mol. The minimum atomic E-state index is -1.01. The van der Waals surface area contributed by atoms with Crippen LogP contribution in [0.4, 0.5) is 5.82 Å². The average molecular weight is 234 g/mol. The molecule has 0 atom stereocenters. The lowest BCUT2D eigenvalue weighted by Gasteiger charge is -2.20. The third kappa shape index (κ3) is 2.43. The van der Waals surface area contributed by atoms with Gasteiger partial charge in [0.25, 0.3) is 0 Å². The van der Waals surface area contributed by atoms with Gasteiger partial charge in [-0.05, 0) is 25.0 Å². The number of pyridine rings is 1. The first kappa shape index (κ1) is 11.6. The summed E-state index contributed by atoms with van der Waals surface area (Å²) in [7, 11) is 0. The van der Waals surface area contributed by atoms with Gasteiger partial charge in [0.2, 0.25) is 5.91 Å². The Labute approximate surface area is 99.1 Å². The molecule has 5 nitrogen and oxygen atoms in total. The smallest absolute Gasteiger partial charge is 0.337 e. The van der Waals surface area contributed by atoms with Gasteiger partial charge in [-0.15, -0.1) is 0 Å². The Morgan fingerprint density at radius 1 is 1.47 bits per heavy atom. The summed E-state index contributed by atoms with van der Waals surface area (Å²) in [6.45, 7) is 1.81. The maximum atomic E-state index is 11.8. The number of anilines is 1. The van der Waals surface area contributed by atoms with Crippen LogP contribution in [0.25, 0.3) is 0 Å². The van der Waals surface area contributed by atoms with Gasteiger partial charge >= 0.3 is 5.97 Å². The zero-order chi connectivity index (χ0) is 12.4. The van der Waals surface area contributed by atoms with Crippen molar-refractivity contribution >= 4 is 17.7 Å². The molecule has 1 amide bonds. The highest BCUT2D eigenvalue weighted by atomic mass is 16.4. The maximum Gasteiger partial charge on any atom is 0.337 e. The van der Waals surface area contributed by atoms with Gasteiger partial charge in [-0.25, -0.2) is 9.78 Å². The third-order valence-corrected chi connectivity index (χ3v) is 2.72. The van der Waals surface area contributed by atoms with Crippen molar-refractivity contribution in [2.24, 2.45) is 0 Å². The first-order chi connectivity index (χ1) is 8.13. The molecule has 1 saturated carbocycles. The van der Waals surface area contributed by atoms with Crippen LogP contribution >= 0.6 is 0 Å². The van der Waals surface area contributed by atoms with E-state index in [0.717, 1.165) is 12.8 Å². The molecular formula is C12H14N2O3. The second-order valence-electron chi connectivity index (χ2n) is 4.06. The molecule has 1 aliphatic carbocycles. The Bertz CT molecular complexity index is 438. The van der Waals surface area contributed by atoms with Crippen LogP contribution in [0.5, 0.6) is 0 Å². The molecule has 0 aliphatic heterocycles. The molecule has 0 bridgehead atoms. The highest BCUT2D eigenvalue weighted by Crippen LogP contribution is 2.31. The number of carboxylic acids is 1. The molecule has 17 heavy (non-hydrogen) atoms. The van der Waals surface area contributed by atoms with Crippen molar-refractivity contribution in [1.82, 2.24) is 4.98 Å². The number of nitrogens with zero attached hydrogens (tertiary/aromatic N) is 2. The summed E-state index contributed by atoms with van der Waals surface area (Å²) < 4.78 is 0. The quantitative estimate of drug-likeness (QED) is 0.860. The molecular weight excluding hydrogens is 220 g/mol. The highest BCUT2D eigenvalue weighted by molar-refractivity contribution is 5.94. The Morgan fingerprint density at radius 3 is 2.59 bits per heavy atom. The predicted octanol–water partition coefficient (Wildman–Crippen LogP) is 1.69. The largest absolute Gasteiger partial charge is 0.478 e. The number of aromatic nitrogens is 1. The van der Waals surface area contributed by atoms with Gasteiger partial charge < -0.3 is 5.11 Å². The minimum absolute atomic E-state index is 0.0306. The fraction of sp³-hybridized carbons (Fsp3) is 0.417. The maximum absolute atomic E-state index is 11.8. The molecule has 1 aromatic heterocycles. The van der Waals surface area contributed by atoms with E-state index in [9.17, 15) is 9.59 Å². The number of rotatable bonds is 4. The van der Waals surface area contributed by atoms with Crippen LogP contribution in [0, 0.1) is 0 Å². The van der Waals surface area contributed by atoms with Crippen LogP contribution in [-0.2, 0) is 4.79 Å². The molecule has 0 saturated heterocycles. The van der Waals surface area contributed by atoms with E-state index in [0.29, 0.717) is 12.2 Å². The molecule has 0 radical (unpaired) electrons. The Hall–Kier alpha value is -1.91. The Balaban J connectivity index is 2.24. The molecule has 2 rings (SSSR count). The van der Waals surface area contributed by atoms with Gasteiger partial charge in [0.05, 0.1) is 5.56 Å². The van der Waals surface area contributed by atoms with Gasteiger partial charge in [0.1, 0.15) is 5.82 Å². The molecule has 0 aromatic carbocycles. The second-order valence-corrected chi connectivity index (χ2v) is 4.06. The normalized spacial score (nSPS) is 14.4. The van der Waals surface area contributed by atoms with Crippen molar-refractivity contribution in [3.8, 4) is 0 Å². The van der Waals surface area contributed by atoms with Gasteiger partial charge in [-0.2, -0.15) is 0 Å². The highest BCUT2D eigenvalue weighted by Gasteiger charge is 2.33.